The van der Waals surface area contributed by atoms with Crippen LogP contribution in [0.1, 0.15) is 19.8 Å². The molecule has 9 nitrogen and oxygen atoms in total. The Bertz CT molecular complexity index is 1050. The van der Waals surface area contributed by atoms with Crippen molar-refractivity contribution >= 4 is 40.8 Å². The molecule has 33 heavy (non-hydrogen) atoms. The molecular weight excluding hydrogens is 436 g/mol. The van der Waals surface area contributed by atoms with Gasteiger partial charge < -0.3 is 26.6 Å². The van der Waals surface area contributed by atoms with Gasteiger partial charge in [0.2, 0.25) is 5.91 Å². The zero-order chi connectivity index (χ0) is 23.4. The third-order valence-electron chi connectivity index (χ3n) is 5.40. The molecule has 1 aromatic carbocycles. The third kappa shape index (κ3) is 6.69. The van der Waals surface area contributed by atoms with Crippen LogP contribution in [0.25, 0.3) is 0 Å². The molecule has 4 rings (SSSR count). The van der Waals surface area contributed by atoms with Crippen LogP contribution in [0.5, 0.6) is 0 Å². The van der Waals surface area contributed by atoms with Gasteiger partial charge in [-0.1, -0.05) is 0 Å². The summed E-state index contributed by atoms with van der Waals surface area (Å²) in [5.74, 6) is 1.89. The predicted molar refractivity (Wildman–Crippen MR) is 133 cm³/mol. The number of carbonyl (C=O) groups excluding carboxylic acids is 1. The summed E-state index contributed by atoms with van der Waals surface area (Å²) in [6, 6.07) is 9.57. The van der Waals surface area contributed by atoms with Gasteiger partial charge in [-0.05, 0) is 68.9 Å². The van der Waals surface area contributed by atoms with Crippen LogP contribution in [-0.4, -0.2) is 59.8 Å². The molecule has 0 radical (unpaired) electrons. The fourth-order valence-electron chi connectivity index (χ4n) is 3.40. The number of rotatable bonds is 7. The normalized spacial score (nSPS) is 17.8. The van der Waals surface area contributed by atoms with Gasteiger partial charge in [-0.25, -0.2) is 15.0 Å². The van der Waals surface area contributed by atoms with Gasteiger partial charge in [-0.3, -0.25) is 4.79 Å². The zero-order valence-corrected chi connectivity index (χ0v) is 19.8. The molecule has 2 heterocycles. The number of nitrogens with one attached hydrogen (secondary N) is 1. The molecule has 2 fully saturated rings. The van der Waals surface area contributed by atoms with Gasteiger partial charge in [0.05, 0.1) is 0 Å². The molecule has 5 N–H and O–H groups in total. The number of piperazine rings is 1. The monoisotopic (exact) mass is 466 g/mol. The molecule has 0 bridgehead atoms. The van der Waals surface area contributed by atoms with Crippen LogP contribution < -0.4 is 21.7 Å². The Balaban J connectivity index is 1.55. The van der Waals surface area contributed by atoms with Gasteiger partial charge in [0.25, 0.3) is 0 Å². The Kier molecular flexibility index (Phi) is 7.14. The fraction of sp³-hybridized carbons (Fsp3) is 0.391. The molecular formula is C23H30N8OS. The van der Waals surface area contributed by atoms with Crippen LogP contribution in [0.2, 0.25) is 0 Å². The lowest BCUT2D eigenvalue weighted by Gasteiger charge is -2.33. The van der Waals surface area contributed by atoms with E-state index in [1.807, 2.05) is 30.3 Å². The van der Waals surface area contributed by atoms with Crippen molar-refractivity contribution in [1.29, 1.82) is 0 Å². The number of amides is 1. The fourth-order valence-corrected chi connectivity index (χ4v) is 4.16. The Morgan fingerprint density at radius 1 is 1.15 bits per heavy atom. The summed E-state index contributed by atoms with van der Waals surface area (Å²) in [4.78, 5) is 31.3. The number of benzene rings is 1. The highest BCUT2D eigenvalue weighted by Crippen LogP contribution is 2.32. The SMILES string of the molecule is CC(N)=CC(N)=Nc1cc(N2CCN(C)CC2)nc(Sc2ccc(NC(=O)C3CC3)cc2)n1. The second-order valence-corrected chi connectivity index (χ2v) is 9.51. The van der Waals surface area contributed by atoms with Crippen molar-refractivity contribution in [2.24, 2.45) is 22.4 Å². The van der Waals surface area contributed by atoms with Gasteiger partial charge in [0.1, 0.15) is 11.7 Å². The molecule has 0 spiro atoms. The number of allylic oxidation sites excluding steroid dienone is 1. The van der Waals surface area contributed by atoms with E-state index in [4.69, 9.17) is 16.5 Å². The molecule has 2 aliphatic rings. The number of nitrogens with zero attached hydrogens (tertiary/aromatic N) is 5. The number of hydrogen-bond donors (Lipinski definition) is 3. The molecule has 174 valence electrons. The first kappa shape index (κ1) is 23.1. The van der Waals surface area contributed by atoms with E-state index in [-0.39, 0.29) is 11.8 Å². The van der Waals surface area contributed by atoms with E-state index < -0.39 is 0 Å². The first-order chi connectivity index (χ1) is 15.9. The molecule has 0 atom stereocenters. The molecule has 1 aromatic heterocycles. The molecule has 1 aliphatic carbocycles. The van der Waals surface area contributed by atoms with Crippen molar-refractivity contribution in [2.45, 2.75) is 29.8 Å². The van der Waals surface area contributed by atoms with Crippen molar-refractivity contribution in [3.05, 3.63) is 42.1 Å². The van der Waals surface area contributed by atoms with E-state index in [0.29, 0.717) is 22.5 Å². The largest absolute Gasteiger partial charge is 0.402 e. The van der Waals surface area contributed by atoms with E-state index >= 15 is 0 Å². The maximum Gasteiger partial charge on any atom is 0.227 e. The topological polar surface area (TPSA) is 126 Å². The molecule has 1 saturated carbocycles. The number of amidine groups is 1. The first-order valence-corrected chi connectivity index (χ1v) is 11.9. The number of aromatic nitrogens is 2. The summed E-state index contributed by atoms with van der Waals surface area (Å²) in [5.41, 5.74) is 13.1. The summed E-state index contributed by atoms with van der Waals surface area (Å²) in [6.07, 6.45) is 3.58. The second kappa shape index (κ2) is 10.2. The summed E-state index contributed by atoms with van der Waals surface area (Å²) in [5, 5.41) is 3.54. The van der Waals surface area contributed by atoms with Gasteiger partial charge >= 0.3 is 0 Å². The van der Waals surface area contributed by atoms with Gasteiger partial charge in [-0.2, -0.15) is 0 Å². The number of nitrogens with two attached hydrogens (primary N) is 2. The van der Waals surface area contributed by atoms with Crippen molar-refractivity contribution < 1.29 is 4.79 Å². The van der Waals surface area contributed by atoms with Crippen LogP contribution in [0, 0.1) is 5.92 Å². The first-order valence-electron chi connectivity index (χ1n) is 11.0. The molecule has 1 aliphatic heterocycles. The molecule has 0 unspecified atom stereocenters. The maximum absolute atomic E-state index is 12.0. The number of carbonyl (C=O) groups is 1. The quantitative estimate of drug-likeness (QED) is 0.323. The minimum Gasteiger partial charge on any atom is -0.402 e. The molecule has 1 amide bonds. The lowest BCUT2D eigenvalue weighted by atomic mass is 10.3. The van der Waals surface area contributed by atoms with Crippen LogP contribution in [0.4, 0.5) is 17.3 Å². The summed E-state index contributed by atoms with van der Waals surface area (Å²) in [7, 11) is 2.12. The van der Waals surface area contributed by atoms with Crippen molar-refractivity contribution in [1.82, 2.24) is 14.9 Å². The average Bonchev–Trinajstić information content (AvgIpc) is 3.60. The van der Waals surface area contributed by atoms with E-state index in [2.05, 4.69) is 32.1 Å². The summed E-state index contributed by atoms with van der Waals surface area (Å²) in [6.45, 7) is 5.46. The van der Waals surface area contributed by atoms with Crippen molar-refractivity contribution in [3.8, 4) is 0 Å². The highest BCUT2D eigenvalue weighted by Gasteiger charge is 2.29. The average molecular weight is 467 g/mol. The van der Waals surface area contributed by atoms with E-state index in [1.54, 1.807) is 13.0 Å². The predicted octanol–water partition coefficient (Wildman–Crippen LogP) is 2.58. The van der Waals surface area contributed by atoms with Crippen LogP contribution in [0.3, 0.4) is 0 Å². The number of likely N-dealkylation sites (N-methyl/N-ethyl adjacent to an activating group) is 1. The Labute approximate surface area is 198 Å². The van der Waals surface area contributed by atoms with Crippen LogP contribution in [-0.2, 0) is 4.79 Å². The Morgan fingerprint density at radius 2 is 1.85 bits per heavy atom. The van der Waals surface area contributed by atoms with Crippen molar-refractivity contribution in [3.63, 3.8) is 0 Å². The summed E-state index contributed by atoms with van der Waals surface area (Å²) >= 11 is 1.45. The minimum atomic E-state index is 0.0977. The van der Waals surface area contributed by atoms with Crippen molar-refractivity contribution in [2.75, 3.05) is 43.4 Å². The van der Waals surface area contributed by atoms with Crippen LogP contribution in [0.15, 0.2) is 57.1 Å². The highest BCUT2D eigenvalue weighted by molar-refractivity contribution is 7.99. The number of anilines is 2. The van der Waals surface area contributed by atoms with E-state index in [1.165, 1.54) is 11.8 Å². The molecule has 2 aromatic rings. The smallest absolute Gasteiger partial charge is 0.227 e. The van der Waals surface area contributed by atoms with Crippen LogP contribution >= 0.6 is 11.8 Å². The van der Waals surface area contributed by atoms with Gasteiger partial charge in [0.15, 0.2) is 11.0 Å². The second-order valence-electron chi connectivity index (χ2n) is 8.47. The Hall–Kier alpha value is -3.11. The van der Waals surface area contributed by atoms with Gasteiger partial charge in [0, 0.05) is 54.4 Å². The third-order valence-corrected chi connectivity index (χ3v) is 6.28. The lowest BCUT2D eigenvalue weighted by Crippen LogP contribution is -2.44. The highest BCUT2D eigenvalue weighted by atomic mass is 32.2. The lowest BCUT2D eigenvalue weighted by molar-refractivity contribution is -0.117. The number of hydrogen-bond acceptors (Lipinski definition) is 8. The standard InChI is InChI=1S/C23H30N8OS/c1-15(24)13-19(25)27-20-14-21(31-11-9-30(2)10-12-31)29-23(28-20)33-18-7-5-17(6-8-18)26-22(32)16-3-4-16/h5-8,13-14,16H,3-4,9-12,24H2,1-2H3,(H,26,32)(H2,25,27,28,29). The van der Waals surface area contributed by atoms with E-state index in [0.717, 1.165) is 55.4 Å². The van der Waals surface area contributed by atoms with Gasteiger partial charge in [-0.15, -0.1) is 0 Å². The Morgan fingerprint density at radius 3 is 2.48 bits per heavy atom. The number of aliphatic imine (C=N–C) groups is 1. The van der Waals surface area contributed by atoms with E-state index in [9.17, 15) is 4.79 Å². The minimum absolute atomic E-state index is 0.0977. The maximum atomic E-state index is 12.0. The molecule has 1 saturated heterocycles. The molecule has 10 heteroatoms. The summed E-state index contributed by atoms with van der Waals surface area (Å²) < 4.78 is 0. The zero-order valence-electron chi connectivity index (χ0n) is 19.0.